The number of methoxy groups -OCH3 is 1. The number of hydrogen-bond acceptors (Lipinski definition) is 6. The van der Waals surface area contributed by atoms with Crippen LogP contribution in [0.25, 0.3) is 11.1 Å². The molecule has 4 aromatic rings. The van der Waals surface area contributed by atoms with Gasteiger partial charge in [0.1, 0.15) is 29.5 Å². The van der Waals surface area contributed by atoms with Gasteiger partial charge in [-0.2, -0.15) is 0 Å². The lowest BCUT2D eigenvalue weighted by Gasteiger charge is -2.39. The number of hydrogen-bond donors (Lipinski definition) is 2. The van der Waals surface area contributed by atoms with Crippen molar-refractivity contribution in [3.63, 3.8) is 0 Å². The molecule has 2 amide bonds. The van der Waals surface area contributed by atoms with Gasteiger partial charge in [0.05, 0.1) is 24.0 Å². The number of halogens is 1. The van der Waals surface area contributed by atoms with Crippen molar-refractivity contribution in [2.24, 2.45) is 0 Å². The Morgan fingerprint density at radius 3 is 2.51 bits per heavy atom. The van der Waals surface area contributed by atoms with Crippen molar-refractivity contribution in [2.75, 3.05) is 35.9 Å². The Hall–Kier alpha value is -4.50. The summed E-state index contributed by atoms with van der Waals surface area (Å²) in [4.78, 5) is 28.9. The van der Waals surface area contributed by atoms with Gasteiger partial charge in [0.15, 0.2) is 0 Å². The topological polar surface area (TPSA) is 79.9 Å². The average Bonchev–Trinajstić information content (AvgIpc) is 3.00. The Bertz CT molecular complexity index is 1720. The minimum Gasteiger partial charge on any atom is -0.496 e. The molecule has 222 valence electrons. The number of anilines is 3. The summed E-state index contributed by atoms with van der Waals surface area (Å²) in [5.74, 6) is 0.221. The highest BCUT2D eigenvalue weighted by atomic mass is 32.2. The average molecular weight is 600 g/mol. The molecule has 43 heavy (non-hydrogen) atoms. The maximum absolute atomic E-state index is 14.1. The molecule has 0 aliphatic carbocycles. The molecule has 0 saturated carbocycles. The highest BCUT2D eigenvalue weighted by molar-refractivity contribution is 7.98. The predicted octanol–water partition coefficient (Wildman–Crippen LogP) is 7.53. The number of carbonyl (C=O) groups is 2. The zero-order valence-electron chi connectivity index (χ0n) is 25.0. The number of carbonyl (C=O) groups excluding carboxylic acids is 2. The Kier molecular flexibility index (Phi) is 8.37. The van der Waals surface area contributed by atoms with Crippen LogP contribution in [0.2, 0.25) is 0 Å². The Balaban J connectivity index is 1.57. The molecule has 0 fully saturated rings. The van der Waals surface area contributed by atoms with E-state index in [2.05, 4.69) is 10.6 Å². The number of fused-ring (bicyclic) bond motifs is 1. The number of amides is 2. The van der Waals surface area contributed by atoms with E-state index in [4.69, 9.17) is 9.47 Å². The van der Waals surface area contributed by atoms with E-state index in [9.17, 15) is 14.0 Å². The van der Waals surface area contributed by atoms with Gasteiger partial charge in [-0.3, -0.25) is 9.59 Å². The van der Waals surface area contributed by atoms with E-state index in [-0.39, 0.29) is 18.4 Å². The van der Waals surface area contributed by atoms with E-state index in [0.29, 0.717) is 28.4 Å². The van der Waals surface area contributed by atoms with E-state index in [1.165, 1.54) is 23.9 Å². The van der Waals surface area contributed by atoms with Crippen LogP contribution in [-0.2, 0) is 11.4 Å². The standard InChI is InChI=1S/C34H34FN3O4S/c1-20-11-12-21(35)17-28(20)42-19-26-23(15-16-27-31(26)38(4)33(40)34(2,3)37-27)24-14-13-22(18-29(24)41-5)36-32(39)25-9-7-8-10-30(25)43-6/h7-18,37H,19H2,1-6H3,(H,36,39). The van der Waals surface area contributed by atoms with Crippen LogP contribution in [0.15, 0.2) is 77.7 Å². The first kappa shape index (κ1) is 30.0. The largest absolute Gasteiger partial charge is 0.496 e. The molecular formula is C34H34FN3O4S. The van der Waals surface area contributed by atoms with Crippen LogP contribution >= 0.6 is 11.8 Å². The van der Waals surface area contributed by atoms with Crippen LogP contribution in [0.5, 0.6) is 11.5 Å². The van der Waals surface area contributed by atoms with Crippen molar-refractivity contribution < 1.29 is 23.5 Å². The molecular weight excluding hydrogens is 565 g/mol. The lowest BCUT2D eigenvalue weighted by atomic mass is 9.91. The van der Waals surface area contributed by atoms with Crippen molar-refractivity contribution >= 4 is 40.6 Å². The second-order valence-electron chi connectivity index (χ2n) is 10.9. The van der Waals surface area contributed by atoms with Crippen LogP contribution in [0.1, 0.15) is 35.3 Å². The third kappa shape index (κ3) is 5.90. The molecule has 0 unspecified atom stereocenters. The molecule has 0 bridgehead atoms. The lowest BCUT2D eigenvalue weighted by Crippen LogP contribution is -2.52. The van der Waals surface area contributed by atoms with Crippen molar-refractivity contribution in [2.45, 2.75) is 37.8 Å². The first-order chi connectivity index (χ1) is 20.5. The smallest absolute Gasteiger partial charge is 0.256 e. The molecule has 0 spiro atoms. The maximum Gasteiger partial charge on any atom is 0.256 e. The number of nitrogens with one attached hydrogen (secondary N) is 2. The van der Waals surface area contributed by atoms with Crippen LogP contribution in [-0.4, -0.2) is 37.8 Å². The number of ether oxygens (including phenoxy) is 2. The van der Waals surface area contributed by atoms with Crippen molar-refractivity contribution in [3.05, 3.63) is 95.3 Å². The molecule has 1 aliphatic rings. The second-order valence-corrected chi connectivity index (χ2v) is 11.7. The third-order valence-corrected chi connectivity index (χ3v) is 8.32. The Morgan fingerprint density at radius 1 is 1.02 bits per heavy atom. The molecule has 7 nitrogen and oxygen atoms in total. The summed E-state index contributed by atoms with van der Waals surface area (Å²) in [5, 5.41) is 6.33. The molecule has 0 radical (unpaired) electrons. The normalized spacial score (nSPS) is 13.7. The molecule has 4 aromatic carbocycles. The maximum atomic E-state index is 14.1. The third-order valence-electron chi connectivity index (χ3n) is 7.53. The molecule has 0 saturated heterocycles. The Morgan fingerprint density at radius 2 is 1.77 bits per heavy atom. The molecule has 1 aliphatic heterocycles. The quantitative estimate of drug-likeness (QED) is 0.204. The van der Waals surface area contributed by atoms with Gasteiger partial charge in [-0.25, -0.2) is 4.39 Å². The van der Waals surface area contributed by atoms with Gasteiger partial charge in [0.2, 0.25) is 0 Å². The van der Waals surface area contributed by atoms with Gasteiger partial charge < -0.3 is 25.0 Å². The van der Waals surface area contributed by atoms with Gasteiger partial charge in [0.25, 0.3) is 11.8 Å². The van der Waals surface area contributed by atoms with Gasteiger partial charge >= 0.3 is 0 Å². The Labute approximate surface area is 255 Å². The highest BCUT2D eigenvalue weighted by Crippen LogP contribution is 2.45. The summed E-state index contributed by atoms with van der Waals surface area (Å²) in [6.45, 7) is 5.59. The molecule has 5 rings (SSSR count). The van der Waals surface area contributed by atoms with Crippen LogP contribution < -0.4 is 25.0 Å². The van der Waals surface area contributed by atoms with E-state index in [0.717, 1.165) is 32.8 Å². The molecule has 0 aromatic heterocycles. The number of nitrogens with zero attached hydrogens (tertiary/aromatic N) is 1. The van der Waals surface area contributed by atoms with E-state index >= 15 is 0 Å². The summed E-state index contributed by atoms with van der Waals surface area (Å²) in [6.07, 6.45) is 1.93. The predicted molar refractivity (Wildman–Crippen MR) is 171 cm³/mol. The zero-order chi connectivity index (χ0) is 30.9. The van der Waals surface area contributed by atoms with Gasteiger partial charge in [-0.05, 0) is 74.6 Å². The van der Waals surface area contributed by atoms with Crippen molar-refractivity contribution in [1.29, 1.82) is 0 Å². The number of benzene rings is 4. The van der Waals surface area contributed by atoms with Crippen LogP contribution in [0.4, 0.5) is 21.5 Å². The second kappa shape index (κ2) is 12.0. The molecule has 1 heterocycles. The van der Waals surface area contributed by atoms with Crippen molar-refractivity contribution in [1.82, 2.24) is 0 Å². The highest BCUT2D eigenvalue weighted by Gasteiger charge is 2.38. The van der Waals surface area contributed by atoms with E-state index < -0.39 is 11.4 Å². The number of rotatable bonds is 8. The lowest BCUT2D eigenvalue weighted by molar-refractivity contribution is -0.121. The van der Waals surface area contributed by atoms with Gasteiger partial charge in [0, 0.05) is 40.9 Å². The van der Waals surface area contributed by atoms with Gasteiger partial charge in [-0.1, -0.05) is 24.3 Å². The zero-order valence-corrected chi connectivity index (χ0v) is 25.8. The van der Waals surface area contributed by atoms with Gasteiger partial charge in [-0.15, -0.1) is 11.8 Å². The number of likely N-dealkylation sites (N-methyl/N-ethyl adjacent to an activating group) is 1. The molecule has 9 heteroatoms. The fraction of sp³-hybridized carbons (Fsp3) is 0.235. The fourth-order valence-electron chi connectivity index (χ4n) is 5.33. The van der Waals surface area contributed by atoms with Crippen LogP contribution in [0, 0.1) is 12.7 Å². The van der Waals surface area contributed by atoms with Crippen LogP contribution in [0.3, 0.4) is 0 Å². The SMILES string of the molecule is COc1cc(NC(=O)c2ccccc2SC)ccc1-c1ccc2c(c1COc1cc(F)ccc1C)N(C)C(=O)C(C)(C)N2. The summed E-state index contributed by atoms with van der Waals surface area (Å²) in [7, 11) is 3.31. The van der Waals surface area contributed by atoms with E-state index in [1.54, 1.807) is 37.3 Å². The monoisotopic (exact) mass is 599 g/mol. The molecule has 0 atom stereocenters. The number of thioether (sulfide) groups is 1. The summed E-state index contributed by atoms with van der Waals surface area (Å²) in [5.41, 5.74) is 4.84. The number of aryl methyl sites for hydroxylation is 1. The summed E-state index contributed by atoms with van der Waals surface area (Å²) >= 11 is 1.51. The first-order valence-electron chi connectivity index (χ1n) is 13.8. The minimum absolute atomic E-state index is 0.0651. The first-order valence-corrected chi connectivity index (χ1v) is 15.0. The fourth-order valence-corrected chi connectivity index (χ4v) is 5.93. The van der Waals surface area contributed by atoms with Crippen molar-refractivity contribution in [3.8, 4) is 22.6 Å². The molecule has 2 N–H and O–H groups in total. The van der Waals surface area contributed by atoms with E-state index in [1.807, 2.05) is 69.5 Å². The summed E-state index contributed by atoms with van der Waals surface area (Å²) < 4.78 is 26.1. The minimum atomic E-state index is -0.799. The summed E-state index contributed by atoms with van der Waals surface area (Å²) in [6, 6.07) is 21.2.